The zero-order chi connectivity index (χ0) is 19.0. The Labute approximate surface area is 159 Å². The van der Waals surface area contributed by atoms with E-state index in [9.17, 15) is 14.0 Å². The molecule has 1 fully saturated rings. The van der Waals surface area contributed by atoms with Crippen LogP contribution < -0.4 is 0 Å². The van der Waals surface area contributed by atoms with Crippen LogP contribution in [0.3, 0.4) is 0 Å². The zero-order valence-corrected chi connectivity index (χ0v) is 15.5. The molecular weight excluding hydrogens is 367 g/mol. The Morgan fingerprint density at radius 1 is 1.22 bits per heavy atom. The van der Waals surface area contributed by atoms with E-state index in [1.54, 1.807) is 23.1 Å². The summed E-state index contributed by atoms with van der Waals surface area (Å²) >= 11 is 1.40. The van der Waals surface area contributed by atoms with Crippen LogP contribution in [0.4, 0.5) is 4.39 Å². The number of ether oxygens (including phenoxy) is 1. The third kappa shape index (κ3) is 3.30. The Morgan fingerprint density at radius 3 is 2.74 bits per heavy atom. The SMILES string of the molecule is COC(=O)[C@@H]1CCCN1C(=O)c1ccc(-c2nc3ccc(F)cc3s2)cc1. The minimum atomic E-state index is -0.513. The standard InChI is InChI=1S/C20H17FN2O3S/c1-26-20(25)16-3-2-10-23(16)19(24)13-6-4-12(5-7-13)18-22-15-9-8-14(21)11-17(15)27-18/h4-9,11,16H,2-3,10H2,1H3/t16-/m0/s1. The summed E-state index contributed by atoms with van der Waals surface area (Å²) in [4.78, 5) is 30.7. The number of aromatic nitrogens is 1. The second-order valence-corrected chi connectivity index (χ2v) is 7.42. The summed E-state index contributed by atoms with van der Waals surface area (Å²) in [6, 6.07) is 11.1. The summed E-state index contributed by atoms with van der Waals surface area (Å²) in [5.41, 5.74) is 2.12. The maximum absolute atomic E-state index is 13.4. The molecule has 0 N–H and O–H groups in total. The van der Waals surface area contributed by atoms with Gasteiger partial charge in [-0.05, 0) is 43.2 Å². The van der Waals surface area contributed by atoms with Crippen LogP contribution in [0.1, 0.15) is 23.2 Å². The first-order valence-corrected chi connectivity index (χ1v) is 9.44. The average Bonchev–Trinajstić information content (AvgIpc) is 3.33. The highest BCUT2D eigenvalue weighted by atomic mass is 32.1. The Kier molecular flexibility index (Phi) is 4.61. The van der Waals surface area contributed by atoms with Crippen LogP contribution in [0.15, 0.2) is 42.5 Å². The Bertz CT molecular complexity index is 1020. The van der Waals surface area contributed by atoms with Gasteiger partial charge in [0.05, 0.1) is 17.3 Å². The van der Waals surface area contributed by atoms with Crippen molar-refractivity contribution in [2.75, 3.05) is 13.7 Å². The van der Waals surface area contributed by atoms with Gasteiger partial charge in [0.15, 0.2) is 0 Å². The number of carbonyl (C=O) groups excluding carboxylic acids is 2. The van der Waals surface area contributed by atoms with E-state index in [0.29, 0.717) is 18.5 Å². The lowest BCUT2D eigenvalue weighted by molar-refractivity contribution is -0.145. The van der Waals surface area contributed by atoms with E-state index in [0.717, 1.165) is 27.2 Å². The molecule has 0 saturated carbocycles. The molecular formula is C20H17FN2O3S. The number of fused-ring (bicyclic) bond motifs is 1. The molecule has 3 aromatic rings. The number of halogens is 1. The third-order valence-electron chi connectivity index (χ3n) is 4.72. The first-order valence-electron chi connectivity index (χ1n) is 8.62. The highest BCUT2D eigenvalue weighted by Crippen LogP contribution is 2.31. The highest BCUT2D eigenvalue weighted by molar-refractivity contribution is 7.21. The fourth-order valence-corrected chi connectivity index (χ4v) is 4.33. The summed E-state index contributed by atoms with van der Waals surface area (Å²) in [5, 5.41) is 0.767. The topological polar surface area (TPSA) is 59.5 Å². The van der Waals surface area contributed by atoms with Crippen molar-refractivity contribution in [3.8, 4) is 10.6 Å². The number of carbonyl (C=O) groups is 2. The van der Waals surface area contributed by atoms with Crippen molar-refractivity contribution in [1.29, 1.82) is 0 Å². The normalized spacial score (nSPS) is 16.7. The van der Waals surface area contributed by atoms with Crippen LogP contribution in [0, 0.1) is 5.82 Å². The largest absolute Gasteiger partial charge is 0.467 e. The van der Waals surface area contributed by atoms with Crippen molar-refractivity contribution in [2.45, 2.75) is 18.9 Å². The van der Waals surface area contributed by atoms with Gasteiger partial charge in [-0.1, -0.05) is 12.1 Å². The minimum Gasteiger partial charge on any atom is -0.467 e. The van der Waals surface area contributed by atoms with Gasteiger partial charge in [0, 0.05) is 17.7 Å². The molecule has 1 atom stereocenters. The van der Waals surface area contributed by atoms with Gasteiger partial charge in [0.25, 0.3) is 5.91 Å². The molecule has 0 unspecified atom stereocenters. The van der Waals surface area contributed by atoms with Gasteiger partial charge in [-0.2, -0.15) is 0 Å². The van der Waals surface area contributed by atoms with Gasteiger partial charge in [0.1, 0.15) is 16.9 Å². The quantitative estimate of drug-likeness (QED) is 0.643. The smallest absolute Gasteiger partial charge is 0.328 e. The van der Waals surface area contributed by atoms with Crippen LogP contribution in [0.2, 0.25) is 0 Å². The van der Waals surface area contributed by atoms with Crippen LogP contribution in [0.5, 0.6) is 0 Å². The van der Waals surface area contributed by atoms with Crippen molar-refractivity contribution in [3.63, 3.8) is 0 Å². The minimum absolute atomic E-state index is 0.180. The molecule has 0 bridgehead atoms. The number of amides is 1. The van der Waals surface area contributed by atoms with Gasteiger partial charge < -0.3 is 9.64 Å². The molecule has 138 valence electrons. The number of thiazole rings is 1. The van der Waals surface area contributed by atoms with Crippen LogP contribution in [-0.4, -0.2) is 41.5 Å². The first kappa shape index (κ1) is 17.6. The van der Waals surface area contributed by atoms with E-state index in [-0.39, 0.29) is 17.7 Å². The highest BCUT2D eigenvalue weighted by Gasteiger charge is 2.35. The number of rotatable bonds is 3. The van der Waals surface area contributed by atoms with E-state index >= 15 is 0 Å². The molecule has 0 aliphatic carbocycles. The zero-order valence-electron chi connectivity index (χ0n) is 14.6. The van der Waals surface area contributed by atoms with Crippen LogP contribution in [0.25, 0.3) is 20.8 Å². The van der Waals surface area contributed by atoms with Crippen molar-refractivity contribution in [1.82, 2.24) is 9.88 Å². The molecule has 0 radical (unpaired) electrons. The van der Waals surface area contributed by atoms with Gasteiger partial charge in [-0.3, -0.25) is 4.79 Å². The number of benzene rings is 2. The Morgan fingerprint density at radius 2 is 2.00 bits per heavy atom. The van der Waals surface area contributed by atoms with Crippen molar-refractivity contribution >= 4 is 33.4 Å². The monoisotopic (exact) mass is 384 g/mol. The van der Waals surface area contributed by atoms with Gasteiger partial charge in [-0.15, -0.1) is 11.3 Å². The number of hydrogen-bond donors (Lipinski definition) is 0. The summed E-state index contributed by atoms with van der Waals surface area (Å²) in [6.07, 6.45) is 1.41. The lowest BCUT2D eigenvalue weighted by atomic mass is 10.1. The van der Waals surface area contributed by atoms with E-state index < -0.39 is 6.04 Å². The van der Waals surface area contributed by atoms with Crippen LogP contribution >= 0.6 is 11.3 Å². The number of nitrogens with zero attached hydrogens (tertiary/aromatic N) is 2. The number of likely N-dealkylation sites (tertiary alicyclic amines) is 1. The molecule has 1 aliphatic rings. The van der Waals surface area contributed by atoms with Crippen molar-refractivity contribution in [2.24, 2.45) is 0 Å². The van der Waals surface area contributed by atoms with E-state index in [1.807, 2.05) is 12.1 Å². The Balaban J connectivity index is 1.57. The molecule has 1 aromatic heterocycles. The van der Waals surface area contributed by atoms with E-state index in [1.165, 1.54) is 30.6 Å². The fourth-order valence-electron chi connectivity index (χ4n) is 3.33. The molecule has 1 amide bonds. The number of esters is 1. The summed E-state index contributed by atoms with van der Waals surface area (Å²) in [6.45, 7) is 0.545. The van der Waals surface area contributed by atoms with E-state index in [2.05, 4.69) is 4.98 Å². The average molecular weight is 384 g/mol. The van der Waals surface area contributed by atoms with Gasteiger partial charge in [0.2, 0.25) is 0 Å². The molecule has 5 nitrogen and oxygen atoms in total. The molecule has 2 aromatic carbocycles. The summed E-state index contributed by atoms with van der Waals surface area (Å²) < 4.78 is 18.9. The second kappa shape index (κ2) is 7.08. The number of methoxy groups -OCH3 is 1. The predicted molar refractivity (Wildman–Crippen MR) is 101 cm³/mol. The first-order chi connectivity index (χ1) is 13.1. The van der Waals surface area contributed by atoms with Gasteiger partial charge >= 0.3 is 5.97 Å². The van der Waals surface area contributed by atoms with Crippen molar-refractivity contribution in [3.05, 3.63) is 53.8 Å². The fraction of sp³-hybridized carbons (Fsp3) is 0.250. The molecule has 7 heteroatoms. The third-order valence-corrected chi connectivity index (χ3v) is 5.78. The summed E-state index contributed by atoms with van der Waals surface area (Å²) in [5.74, 6) is -0.843. The number of hydrogen-bond acceptors (Lipinski definition) is 5. The van der Waals surface area contributed by atoms with E-state index in [4.69, 9.17) is 4.74 Å². The lowest BCUT2D eigenvalue weighted by Gasteiger charge is -2.22. The maximum Gasteiger partial charge on any atom is 0.328 e. The van der Waals surface area contributed by atoms with Crippen LogP contribution in [-0.2, 0) is 9.53 Å². The molecule has 2 heterocycles. The Hall–Kier alpha value is -2.80. The molecule has 27 heavy (non-hydrogen) atoms. The lowest BCUT2D eigenvalue weighted by Crippen LogP contribution is -2.41. The molecule has 1 aliphatic heterocycles. The van der Waals surface area contributed by atoms with Gasteiger partial charge in [-0.25, -0.2) is 14.2 Å². The predicted octanol–water partition coefficient (Wildman–Crippen LogP) is 3.88. The maximum atomic E-state index is 13.4. The molecule has 1 saturated heterocycles. The molecule has 0 spiro atoms. The molecule has 4 rings (SSSR count). The second-order valence-electron chi connectivity index (χ2n) is 6.39. The summed E-state index contributed by atoms with van der Waals surface area (Å²) in [7, 11) is 1.34. The van der Waals surface area contributed by atoms with Crippen molar-refractivity contribution < 1.29 is 18.7 Å².